The van der Waals surface area contributed by atoms with Crippen molar-refractivity contribution >= 4 is 0 Å². The van der Waals surface area contributed by atoms with Crippen LogP contribution in [-0.2, 0) is 0 Å². The SMILES string of the molecule is C=CC(CC)[N+](=O)[O-]. The molecule has 0 fully saturated rings. The standard InChI is InChI=1S/C5H9NO2/c1-3-5(4-2)6(7)8/h3,5H,1,4H2,2H3. The Labute approximate surface area is 48.2 Å². The zero-order valence-electron chi connectivity index (χ0n) is 4.83. The molecule has 0 aliphatic carbocycles. The highest BCUT2D eigenvalue weighted by Gasteiger charge is 2.09. The van der Waals surface area contributed by atoms with Gasteiger partial charge in [0.25, 0.3) is 0 Å². The smallest absolute Gasteiger partial charge is 0.230 e. The van der Waals surface area contributed by atoms with Crippen molar-refractivity contribution in [1.29, 1.82) is 0 Å². The molecule has 0 aliphatic rings. The molecule has 0 aromatic rings. The Hall–Kier alpha value is -0.860. The quantitative estimate of drug-likeness (QED) is 0.315. The van der Waals surface area contributed by atoms with Crippen LogP contribution in [0.25, 0.3) is 0 Å². The molecular formula is C5H9NO2. The lowest BCUT2D eigenvalue weighted by atomic mass is 10.2. The topological polar surface area (TPSA) is 43.1 Å². The van der Waals surface area contributed by atoms with Gasteiger partial charge in [0.2, 0.25) is 6.04 Å². The van der Waals surface area contributed by atoms with Crippen LogP contribution in [0.15, 0.2) is 12.7 Å². The third-order valence-corrected chi connectivity index (χ3v) is 0.961. The lowest BCUT2D eigenvalue weighted by Gasteiger charge is -1.96. The first-order valence-corrected chi connectivity index (χ1v) is 2.48. The summed E-state index contributed by atoms with van der Waals surface area (Å²) in [7, 11) is 0. The molecule has 8 heavy (non-hydrogen) atoms. The third-order valence-electron chi connectivity index (χ3n) is 0.961. The Bertz CT molecular complexity index is 101. The van der Waals surface area contributed by atoms with Crippen LogP contribution in [0.1, 0.15) is 13.3 Å². The average molecular weight is 115 g/mol. The van der Waals surface area contributed by atoms with E-state index in [4.69, 9.17) is 0 Å². The summed E-state index contributed by atoms with van der Waals surface area (Å²) in [4.78, 5) is 9.56. The first-order chi connectivity index (χ1) is 3.72. The number of hydrogen-bond donors (Lipinski definition) is 0. The van der Waals surface area contributed by atoms with Crippen LogP contribution in [-0.4, -0.2) is 11.0 Å². The van der Waals surface area contributed by atoms with E-state index in [-0.39, 0.29) is 4.92 Å². The Kier molecular flexibility index (Phi) is 2.84. The minimum atomic E-state index is -0.560. The van der Waals surface area contributed by atoms with Crippen LogP contribution in [0.4, 0.5) is 0 Å². The van der Waals surface area contributed by atoms with Gasteiger partial charge in [0.05, 0.1) is 0 Å². The van der Waals surface area contributed by atoms with Crippen molar-refractivity contribution in [1.82, 2.24) is 0 Å². The van der Waals surface area contributed by atoms with E-state index in [0.29, 0.717) is 6.42 Å². The van der Waals surface area contributed by atoms with Crippen molar-refractivity contribution in [3.05, 3.63) is 22.8 Å². The molecule has 0 amide bonds. The van der Waals surface area contributed by atoms with Crippen LogP contribution in [0, 0.1) is 10.1 Å². The maximum absolute atomic E-state index is 9.90. The van der Waals surface area contributed by atoms with Gasteiger partial charge in [0.15, 0.2) is 0 Å². The van der Waals surface area contributed by atoms with Gasteiger partial charge in [0, 0.05) is 11.3 Å². The predicted molar refractivity (Wildman–Crippen MR) is 31.3 cm³/mol. The summed E-state index contributed by atoms with van der Waals surface area (Å²) in [6.45, 7) is 5.07. The van der Waals surface area contributed by atoms with Gasteiger partial charge in [-0.2, -0.15) is 0 Å². The maximum Gasteiger partial charge on any atom is 0.230 e. The molecule has 0 heterocycles. The highest BCUT2D eigenvalue weighted by molar-refractivity contribution is 4.76. The van der Waals surface area contributed by atoms with E-state index in [1.165, 1.54) is 6.08 Å². The van der Waals surface area contributed by atoms with Gasteiger partial charge < -0.3 is 0 Å². The molecule has 0 aliphatic heterocycles. The van der Waals surface area contributed by atoms with Gasteiger partial charge in [-0.1, -0.05) is 13.5 Å². The Morgan fingerprint density at radius 2 is 2.50 bits per heavy atom. The van der Waals surface area contributed by atoms with Gasteiger partial charge in [-0.05, 0) is 6.08 Å². The molecule has 0 saturated carbocycles. The summed E-state index contributed by atoms with van der Waals surface area (Å²) < 4.78 is 0. The monoisotopic (exact) mass is 115 g/mol. The largest absolute Gasteiger partial charge is 0.264 e. The van der Waals surface area contributed by atoms with Gasteiger partial charge in [-0.15, -0.1) is 0 Å². The fourth-order valence-electron chi connectivity index (χ4n) is 0.402. The summed E-state index contributed by atoms with van der Waals surface area (Å²) >= 11 is 0. The van der Waals surface area contributed by atoms with E-state index in [9.17, 15) is 10.1 Å². The Balaban J connectivity index is 3.69. The summed E-state index contributed by atoms with van der Waals surface area (Å²) in [5.41, 5.74) is 0. The molecule has 0 rings (SSSR count). The second-order valence-electron chi connectivity index (χ2n) is 1.50. The minimum absolute atomic E-state index is 0.340. The number of nitro groups is 1. The molecule has 0 aromatic heterocycles. The second kappa shape index (κ2) is 3.18. The van der Waals surface area contributed by atoms with E-state index >= 15 is 0 Å². The summed E-state index contributed by atoms with van der Waals surface area (Å²) in [5, 5.41) is 9.90. The van der Waals surface area contributed by atoms with Crippen molar-refractivity contribution in [3.8, 4) is 0 Å². The van der Waals surface area contributed by atoms with Crippen LogP contribution in [0.5, 0.6) is 0 Å². The van der Waals surface area contributed by atoms with Gasteiger partial charge >= 0.3 is 0 Å². The zero-order chi connectivity index (χ0) is 6.57. The molecule has 46 valence electrons. The number of nitrogens with zero attached hydrogens (tertiary/aromatic N) is 1. The minimum Gasteiger partial charge on any atom is -0.264 e. The van der Waals surface area contributed by atoms with E-state index < -0.39 is 6.04 Å². The molecule has 0 saturated heterocycles. The second-order valence-corrected chi connectivity index (χ2v) is 1.50. The number of rotatable bonds is 3. The lowest BCUT2D eigenvalue weighted by molar-refractivity contribution is -0.509. The molecule has 1 unspecified atom stereocenters. The molecular weight excluding hydrogens is 106 g/mol. The summed E-state index contributed by atoms with van der Waals surface area (Å²) in [6.07, 6.45) is 1.87. The normalized spacial score (nSPS) is 12.6. The Morgan fingerprint density at radius 3 is 2.50 bits per heavy atom. The van der Waals surface area contributed by atoms with Crippen LogP contribution >= 0.6 is 0 Å². The average Bonchev–Trinajstić information content (AvgIpc) is 1.69. The fraction of sp³-hybridized carbons (Fsp3) is 0.600. The van der Waals surface area contributed by atoms with Crippen molar-refractivity contribution in [3.63, 3.8) is 0 Å². The van der Waals surface area contributed by atoms with Crippen molar-refractivity contribution in [2.75, 3.05) is 0 Å². The zero-order valence-corrected chi connectivity index (χ0v) is 4.83. The number of hydrogen-bond acceptors (Lipinski definition) is 2. The molecule has 0 N–H and O–H groups in total. The van der Waals surface area contributed by atoms with Gasteiger partial charge in [-0.25, -0.2) is 0 Å². The van der Waals surface area contributed by atoms with E-state index in [1.807, 2.05) is 0 Å². The first-order valence-electron chi connectivity index (χ1n) is 2.48. The lowest BCUT2D eigenvalue weighted by Crippen LogP contribution is -2.13. The van der Waals surface area contributed by atoms with E-state index in [0.717, 1.165) is 0 Å². The maximum atomic E-state index is 9.90. The Morgan fingerprint density at radius 1 is 2.00 bits per heavy atom. The highest BCUT2D eigenvalue weighted by Crippen LogP contribution is 1.94. The molecule has 0 radical (unpaired) electrons. The van der Waals surface area contributed by atoms with Crippen LogP contribution in [0.2, 0.25) is 0 Å². The van der Waals surface area contributed by atoms with Crippen LogP contribution in [0.3, 0.4) is 0 Å². The molecule has 0 aromatic carbocycles. The van der Waals surface area contributed by atoms with Crippen molar-refractivity contribution in [2.45, 2.75) is 19.4 Å². The predicted octanol–water partition coefficient (Wildman–Crippen LogP) is 1.23. The first kappa shape index (κ1) is 7.14. The summed E-state index contributed by atoms with van der Waals surface area (Å²) in [5.74, 6) is 0. The molecule has 0 bridgehead atoms. The molecule has 3 nitrogen and oxygen atoms in total. The van der Waals surface area contributed by atoms with Crippen molar-refractivity contribution in [2.24, 2.45) is 0 Å². The molecule has 3 heteroatoms. The van der Waals surface area contributed by atoms with Crippen LogP contribution < -0.4 is 0 Å². The van der Waals surface area contributed by atoms with E-state index in [2.05, 4.69) is 6.58 Å². The van der Waals surface area contributed by atoms with Gasteiger partial charge in [0.1, 0.15) is 0 Å². The molecule has 1 atom stereocenters. The molecule has 0 spiro atoms. The fourth-order valence-corrected chi connectivity index (χ4v) is 0.402. The summed E-state index contributed by atoms with van der Waals surface area (Å²) in [6, 6.07) is -0.560. The van der Waals surface area contributed by atoms with Gasteiger partial charge in [-0.3, -0.25) is 10.1 Å². The third kappa shape index (κ3) is 1.73. The highest BCUT2D eigenvalue weighted by atomic mass is 16.6. The van der Waals surface area contributed by atoms with E-state index in [1.54, 1.807) is 6.92 Å². The van der Waals surface area contributed by atoms with Crippen molar-refractivity contribution < 1.29 is 4.92 Å².